The van der Waals surface area contributed by atoms with E-state index in [1.807, 2.05) is 0 Å². The van der Waals surface area contributed by atoms with Gasteiger partial charge in [-0.3, -0.25) is 9.20 Å². The van der Waals surface area contributed by atoms with Crippen molar-refractivity contribution in [1.29, 1.82) is 0 Å². The number of carbonyl (C=O) groups is 1. The van der Waals surface area contributed by atoms with E-state index in [0.717, 1.165) is 16.7 Å². The summed E-state index contributed by atoms with van der Waals surface area (Å²) in [5, 5.41) is 9.83. The van der Waals surface area contributed by atoms with Crippen molar-refractivity contribution in [2.24, 2.45) is 0 Å². The first kappa shape index (κ1) is 16.3. The number of aromatic nitrogens is 3. The molecule has 2 aromatic rings. The maximum absolute atomic E-state index is 12.8. The fourth-order valence-corrected chi connectivity index (χ4v) is 1.97. The lowest BCUT2D eigenvalue weighted by Gasteiger charge is -2.09. The fraction of sp³-hybridized carbons (Fsp3) is 0.308. The predicted molar refractivity (Wildman–Crippen MR) is 74.3 cm³/mol. The number of fused-ring (bicyclic) bond motifs is 1. The number of hydrogen-bond donors (Lipinski definition) is 1. The van der Waals surface area contributed by atoms with Crippen LogP contribution in [0.15, 0.2) is 24.4 Å². The summed E-state index contributed by atoms with van der Waals surface area (Å²) in [5.41, 5.74) is -0.466. The number of rotatable bonds is 4. The van der Waals surface area contributed by atoms with Gasteiger partial charge in [0.25, 0.3) is 0 Å². The Bertz CT molecular complexity index is 739. The molecule has 0 fully saturated rings. The van der Waals surface area contributed by atoms with Crippen LogP contribution in [0.1, 0.15) is 24.7 Å². The second-order valence-corrected chi connectivity index (χ2v) is 4.93. The van der Waals surface area contributed by atoms with Crippen molar-refractivity contribution < 1.29 is 18.0 Å². The standard InChI is InChI=1S/C13H12ClF3N4O/c1-3-7(2)12(22)18-5-10-19-20-11-9(14)4-8(6-21(10)11)13(15,16)17/h4,6H,2-3,5H2,1H3,(H,18,22). The number of halogens is 4. The van der Waals surface area contributed by atoms with Crippen LogP contribution in [0.4, 0.5) is 13.2 Å². The van der Waals surface area contributed by atoms with Gasteiger partial charge in [-0.2, -0.15) is 13.2 Å². The number of amides is 1. The van der Waals surface area contributed by atoms with E-state index in [-0.39, 0.29) is 23.0 Å². The number of hydrogen-bond acceptors (Lipinski definition) is 3. The first-order valence-corrected chi connectivity index (χ1v) is 6.68. The Labute approximate surface area is 128 Å². The lowest BCUT2D eigenvalue weighted by Crippen LogP contribution is -2.25. The van der Waals surface area contributed by atoms with Crippen LogP contribution in [0.3, 0.4) is 0 Å². The molecule has 0 aliphatic carbocycles. The second-order valence-electron chi connectivity index (χ2n) is 4.52. The van der Waals surface area contributed by atoms with Crippen molar-refractivity contribution >= 4 is 23.2 Å². The summed E-state index contributed by atoms with van der Waals surface area (Å²) in [5.74, 6) is -0.252. The van der Waals surface area contributed by atoms with Gasteiger partial charge in [0, 0.05) is 11.8 Å². The summed E-state index contributed by atoms with van der Waals surface area (Å²) in [6.07, 6.45) is -3.23. The van der Waals surface area contributed by atoms with Gasteiger partial charge in [-0.1, -0.05) is 25.1 Å². The highest BCUT2D eigenvalue weighted by atomic mass is 35.5. The van der Waals surface area contributed by atoms with Crippen LogP contribution in [-0.4, -0.2) is 20.5 Å². The fourth-order valence-electron chi connectivity index (χ4n) is 1.72. The van der Waals surface area contributed by atoms with Crippen molar-refractivity contribution in [2.75, 3.05) is 0 Å². The smallest absolute Gasteiger partial charge is 0.345 e. The molecule has 0 spiro atoms. The molecule has 0 radical (unpaired) electrons. The molecule has 9 heteroatoms. The maximum Gasteiger partial charge on any atom is 0.417 e. The lowest BCUT2D eigenvalue weighted by molar-refractivity contribution is -0.137. The zero-order valence-corrected chi connectivity index (χ0v) is 12.3. The number of pyridine rings is 1. The Hall–Kier alpha value is -2.09. The molecule has 0 aromatic carbocycles. The van der Waals surface area contributed by atoms with E-state index in [9.17, 15) is 18.0 Å². The zero-order chi connectivity index (χ0) is 16.5. The van der Waals surface area contributed by atoms with Crippen LogP contribution in [-0.2, 0) is 17.5 Å². The molecule has 1 N–H and O–H groups in total. The molecule has 0 atom stereocenters. The van der Waals surface area contributed by atoms with Crippen molar-refractivity contribution in [3.8, 4) is 0 Å². The van der Waals surface area contributed by atoms with Crippen molar-refractivity contribution in [2.45, 2.75) is 26.1 Å². The first-order chi connectivity index (χ1) is 10.2. The zero-order valence-electron chi connectivity index (χ0n) is 11.5. The molecule has 0 aliphatic rings. The topological polar surface area (TPSA) is 59.3 Å². The van der Waals surface area contributed by atoms with E-state index in [0.29, 0.717) is 12.0 Å². The van der Waals surface area contributed by atoms with E-state index in [4.69, 9.17) is 11.6 Å². The molecular weight excluding hydrogens is 321 g/mol. The molecule has 5 nitrogen and oxygen atoms in total. The highest BCUT2D eigenvalue weighted by Gasteiger charge is 2.32. The maximum atomic E-state index is 12.8. The largest absolute Gasteiger partial charge is 0.417 e. The Morgan fingerprint density at radius 3 is 2.73 bits per heavy atom. The van der Waals surface area contributed by atoms with Crippen LogP contribution in [0.2, 0.25) is 5.02 Å². The number of alkyl halides is 3. The molecule has 0 saturated heterocycles. The number of nitrogens with one attached hydrogen (secondary N) is 1. The summed E-state index contributed by atoms with van der Waals surface area (Å²) >= 11 is 5.79. The van der Waals surface area contributed by atoms with Crippen LogP contribution in [0.5, 0.6) is 0 Å². The van der Waals surface area contributed by atoms with Crippen LogP contribution >= 0.6 is 11.6 Å². The minimum atomic E-state index is -4.54. The molecule has 0 aliphatic heterocycles. The van der Waals surface area contributed by atoms with Gasteiger partial charge in [0.1, 0.15) is 0 Å². The molecule has 2 heterocycles. The summed E-state index contributed by atoms with van der Waals surface area (Å²) in [6.45, 7) is 5.25. The average molecular weight is 333 g/mol. The Kier molecular flexibility index (Phi) is 4.41. The monoisotopic (exact) mass is 332 g/mol. The van der Waals surface area contributed by atoms with E-state index >= 15 is 0 Å². The second kappa shape index (κ2) is 5.96. The molecule has 2 aromatic heterocycles. The highest BCUT2D eigenvalue weighted by molar-refractivity contribution is 6.33. The summed E-state index contributed by atoms with van der Waals surface area (Å²) in [7, 11) is 0. The molecular formula is C13H12ClF3N4O. The van der Waals surface area contributed by atoms with Gasteiger partial charge in [-0.05, 0) is 12.5 Å². The minimum absolute atomic E-state index is 0.0866. The predicted octanol–water partition coefficient (Wildman–Crippen LogP) is 2.98. The summed E-state index contributed by atoms with van der Waals surface area (Å²) in [4.78, 5) is 11.6. The average Bonchev–Trinajstić information content (AvgIpc) is 2.86. The summed E-state index contributed by atoms with van der Waals surface area (Å²) < 4.78 is 39.5. The third kappa shape index (κ3) is 3.22. The van der Waals surface area contributed by atoms with Crippen LogP contribution in [0.25, 0.3) is 5.65 Å². The molecule has 0 unspecified atom stereocenters. The quantitative estimate of drug-likeness (QED) is 0.876. The molecule has 1 amide bonds. The van der Waals surface area contributed by atoms with Gasteiger partial charge in [0.15, 0.2) is 11.5 Å². The van der Waals surface area contributed by atoms with Gasteiger partial charge in [0.2, 0.25) is 5.91 Å². The number of nitrogens with zero attached hydrogens (tertiary/aromatic N) is 3. The molecule has 0 saturated carbocycles. The molecule has 0 bridgehead atoms. The van der Waals surface area contributed by atoms with E-state index in [2.05, 4.69) is 22.1 Å². The molecule has 118 valence electrons. The van der Waals surface area contributed by atoms with Crippen LogP contribution in [0, 0.1) is 0 Å². The van der Waals surface area contributed by atoms with Gasteiger partial charge in [0.05, 0.1) is 17.1 Å². The first-order valence-electron chi connectivity index (χ1n) is 6.30. The van der Waals surface area contributed by atoms with Gasteiger partial charge < -0.3 is 5.32 Å². The van der Waals surface area contributed by atoms with Gasteiger partial charge in [-0.15, -0.1) is 10.2 Å². The van der Waals surface area contributed by atoms with Gasteiger partial charge in [-0.25, -0.2) is 0 Å². The van der Waals surface area contributed by atoms with Crippen molar-refractivity contribution in [1.82, 2.24) is 19.9 Å². The Morgan fingerprint density at radius 1 is 1.45 bits per heavy atom. The molecule has 22 heavy (non-hydrogen) atoms. The van der Waals surface area contributed by atoms with Crippen LogP contribution < -0.4 is 5.32 Å². The van der Waals surface area contributed by atoms with Gasteiger partial charge >= 0.3 is 6.18 Å². The number of carbonyl (C=O) groups excluding carboxylic acids is 1. The van der Waals surface area contributed by atoms with E-state index in [1.165, 1.54) is 0 Å². The Balaban J connectivity index is 2.33. The minimum Gasteiger partial charge on any atom is -0.345 e. The highest BCUT2D eigenvalue weighted by Crippen LogP contribution is 2.32. The van der Waals surface area contributed by atoms with E-state index < -0.39 is 17.6 Å². The summed E-state index contributed by atoms with van der Waals surface area (Å²) in [6, 6.07) is 0.785. The normalized spacial score (nSPS) is 11.7. The lowest BCUT2D eigenvalue weighted by atomic mass is 10.2. The Morgan fingerprint density at radius 2 is 2.14 bits per heavy atom. The van der Waals surface area contributed by atoms with E-state index in [1.54, 1.807) is 6.92 Å². The third-order valence-corrected chi connectivity index (χ3v) is 3.29. The SMILES string of the molecule is C=C(CC)C(=O)NCc1nnc2c(Cl)cc(C(F)(F)F)cn12. The van der Waals surface area contributed by atoms with Crippen molar-refractivity contribution in [3.63, 3.8) is 0 Å². The van der Waals surface area contributed by atoms with Crippen molar-refractivity contribution in [3.05, 3.63) is 40.8 Å². The third-order valence-electron chi connectivity index (χ3n) is 3.01. The molecule has 2 rings (SSSR count).